The summed E-state index contributed by atoms with van der Waals surface area (Å²) in [6.07, 6.45) is -4.82. The maximum atomic E-state index is 12.7. The largest absolute Gasteiger partial charge is 0.463 e. The first kappa shape index (κ1) is 59.6. The van der Waals surface area contributed by atoms with E-state index < -0.39 is 81.8 Å². The monoisotopic (exact) mass is 1150 g/mol. The number of rotatable bonds is 28. The number of benzene rings is 4. The Morgan fingerprint density at radius 2 is 1.51 bits per heavy atom. The number of nitrogens with one attached hydrogen (secondary N) is 4. The maximum Gasteiger partial charge on any atom is 0.303 e. The predicted molar refractivity (Wildman–Crippen MR) is 287 cm³/mol. The highest BCUT2D eigenvalue weighted by Gasteiger charge is 2.53. The van der Waals surface area contributed by atoms with Crippen molar-refractivity contribution < 1.29 is 65.3 Å². The number of carbonyl (C=O) groups is 4. The van der Waals surface area contributed by atoms with Crippen molar-refractivity contribution in [2.24, 2.45) is 10.2 Å². The van der Waals surface area contributed by atoms with Gasteiger partial charge in [0.15, 0.2) is 24.8 Å². The lowest BCUT2D eigenvalue weighted by Crippen LogP contribution is -2.67. The van der Waals surface area contributed by atoms with E-state index in [0.29, 0.717) is 54.0 Å². The molecule has 0 bridgehead atoms. The molecule has 6 rings (SSSR count). The average molecular weight is 1150 g/mol. The Kier molecular flexibility index (Phi) is 21.8. The molecule has 1 amide bonds. The van der Waals surface area contributed by atoms with Gasteiger partial charge in [0.05, 0.1) is 54.8 Å². The molecule has 1 aliphatic rings. The van der Waals surface area contributed by atoms with Crippen molar-refractivity contribution in [3.05, 3.63) is 96.8 Å². The van der Waals surface area contributed by atoms with Crippen molar-refractivity contribution >= 4 is 89.1 Å². The van der Waals surface area contributed by atoms with E-state index in [0.717, 1.165) is 30.9 Å². The van der Waals surface area contributed by atoms with Crippen LogP contribution in [0.4, 0.5) is 28.4 Å². The highest BCUT2D eigenvalue weighted by Crippen LogP contribution is 2.34. The van der Waals surface area contributed by atoms with Crippen molar-refractivity contribution in [2.75, 3.05) is 75.7 Å². The van der Waals surface area contributed by atoms with E-state index in [1.165, 1.54) is 19.9 Å². The fraction of sp³-hybridized carbons (Fsp3) is 0.451. The van der Waals surface area contributed by atoms with Crippen LogP contribution in [-0.2, 0) is 75.5 Å². The summed E-state index contributed by atoms with van der Waals surface area (Å²) in [6, 6.07) is 23.7. The summed E-state index contributed by atoms with van der Waals surface area (Å²) < 4.78 is 76.1. The van der Waals surface area contributed by atoms with E-state index in [-0.39, 0.29) is 31.3 Å². The van der Waals surface area contributed by atoms with Gasteiger partial charge in [-0.25, -0.2) is 4.68 Å². The molecule has 26 heteroatoms. The molecule has 0 spiro atoms. The van der Waals surface area contributed by atoms with E-state index in [4.69, 9.17) is 33.2 Å². The number of amides is 1. The first-order valence-electron chi connectivity index (χ1n) is 24.5. The summed E-state index contributed by atoms with van der Waals surface area (Å²) in [7, 11) is -0.511. The predicted octanol–water partition coefficient (Wildman–Crippen LogP) is 5.66. The number of anilines is 3. The van der Waals surface area contributed by atoms with Gasteiger partial charge in [-0.2, -0.15) is 18.6 Å². The van der Waals surface area contributed by atoms with Crippen LogP contribution in [0.2, 0.25) is 0 Å². The second-order valence-electron chi connectivity index (χ2n) is 18.2. The zero-order chi connectivity index (χ0) is 55.7. The zero-order valence-corrected chi connectivity index (χ0v) is 46.1. The number of aromatic nitrogens is 3. The van der Waals surface area contributed by atoms with Crippen LogP contribution in [0, 0.1) is 0 Å². The second-order valence-corrected chi connectivity index (χ2v) is 21.4. The van der Waals surface area contributed by atoms with E-state index in [1.54, 1.807) is 48.1 Å². The van der Waals surface area contributed by atoms with E-state index in [2.05, 4.69) is 57.7 Å². The summed E-state index contributed by atoms with van der Waals surface area (Å²) in [4.78, 5) is 51.4. The Labute approximate surface area is 454 Å². The Morgan fingerprint density at radius 3 is 2.16 bits per heavy atom. The zero-order valence-electron chi connectivity index (χ0n) is 43.7. The van der Waals surface area contributed by atoms with Gasteiger partial charge in [0.1, 0.15) is 29.3 Å². The number of hydrogen-bond donors (Lipinski definition) is 5. The lowest BCUT2D eigenvalue weighted by molar-refractivity contribution is -0.320. The number of fused-ring (bicyclic) bond motifs is 1. The molecule has 416 valence electrons. The fourth-order valence-electron chi connectivity index (χ4n) is 8.02. The topological polar surface area (TPSA) is 294 Å². The third-order valence-electron chi connectivity index (χ3n) is 11.6. The third kappa shape index (κ3) is 18.2. The lowest BCUT2D eigenvalue weighted by atomic mass is 9.96. The molecule has 5 aromatic rings. The van der Waals surface area contributed by atoms with Crippen LogP contribution in [0.1, 0.15) is 40.3 Å². The number of hydrogen-bond acceptors (Lipinski definition) is 21. The summed E-state index contributed by atoms with van der Waals surface area (Å²) in [6.45, 7) is 8.07. The van der Waals surface area contributed by atoms with Gasteiger partial charge in [0.25, 0.3) is 10.1 Å². The molecule has 4 aromatic carbocycles. The number of alkyl halides is 1. The number of halogens is 1. The lowest BCUT2D eigenvalue weighted by Gasteiger charge is -2.46. The molecule has 24 nitrogen and oxygen atoms in total. The molecular formula is C51H65BrN10O14S. The second kappa shape index (κ2) is 28.1. The smallest absolute Gasteiger partial charge is 0.303 e. The minimum atomic E-state index is -4.47. The van der Waals surface area contributed by atoms with Crippen LogP contribution in [0.25, 0.3) is 10.8 Å². The molecular weight excluding hydrogens is 1090 g/mol. The Bertz CT molecular complexity index is 2910. The Balaban J connectivity index is 1.08. The number of nitrogens with zero attached hydrogens (tertiary/aromatic N) is 6. The number of esters is 3. The first-order valence-corrected chi connectivity index (χ1v) is 26.7. The van der Waals surface area contributed by atoms with Gasteiger partial charge in [-0.15, -0.1) is 5.10 Å². The van der Waals surface area contributed by atoms with Crippen LogP contribution in [0.15, 0.2) is 106 Å². The Morgan fingerprint density at radius 1 is 0.844 bits per heavy atom. The highest BCUT2D eigenvalue weighted by molar-refractivity contribution is 9.10. The molecule has 7 atom stereocenters. The minimum Gasteiger partial charge on any atom is -0.463 e. The van der Waals surface area contributed by atoms with Gasteiger partial charge in [0, 0.05) is 89.3 Å². The van der Waals surface area contributed by atoms with Crippen molar-refractivity contribution in [3.63, 3.8) is 0 Å². The van der Waals surface area contributed by atoms with E-state index in [9.17, 15) is 32.1 Å². The summed E-state index contributed by atoms with van der Waals surface area (Å²) in [5.41, 5.74) is 4.74. The first-order chi connectivity index (χ1) is 36.7. The Hall–Kier alpha value is -6.65. The molecule has 0 saturated carbocycles. The molecule has 2 heterocycles. The quantitative estimate of drug-likeness (QED) is 0.00768. The molecule has 1 saturated heterocycles. The SMILES string of the molecule is CC(=O)N[C@H]1[C@H](O[C@@H](OCCOCCn2cc(CNc3ccc(N=Nc4ccc(N(C)C)cc4)cc3)nn2)[C@](C)(Br)CNCCNc2cccc3c(S(=O)(=O)O)cccc23)O[C@H](COC(C)=O)[C@@H](OC(C)=O)[C@@H]1OC(C)=O. The van der Waals surface area contributed by atoms with Crippen molar-refractivity contribution in [2.45, 2.75) is 93.9 Å². The van der Waals surface area contributed by atoms with Crippen molar-refractivity contribution in [1.82, 2.24) is 25.6 Å². The van der Waals surface area contributed by atoms with Gasteiger partial charge >= 0.3 is 17.9 Å². The molecule has 0 aliphatic carbocycles. The highest BCUT2D eigenvalue weighted by atomic mass is 79.9. The summed E-state index contributed by atoms with van der Waals surface area (Å²) in [5, 5.41) is 30.8. The van der Waals surface area contributed by atoms with Crippen LogP contribution in [0.5, 0.6) is 0 Å². The summed E-state index contributed by atoms with van der Waals surface area (Å²) >= 11 is 3.78. The fourth-order valence-corrected chi connectivity index (χ4v) is 9.16. The molecule has 0 unspecified atom stereocenters. The molecule has 77 heavy (non-hydrogen) atoms. The number of ether oxygens (including phenoxy) is 7. The standard InChI is InChI=1S/C51H65BrN10O14S/c1-32(63)56-46-48(74-35(4)66)47(73-34(3)65)44(30-72-33(2)64)75-49(46)76-50(51(5,52)31-53-22-23-54-43-12-8-11-42-41(43)10-9-13-45(42)77(67,68)69)71-27-26-70-25-24-62-29-39(59-60-62)28-55-36-14-16-37(17-15-36)57-58-38-18-20-40(21-19-38)61(6)7/h8-21,29,44,46-50,53-55H,22-28,30-31H2,1-7H3,(H,56,63)(H,67,68,69)/t44-,46-,47-,48-,49+,50-,51-/m1/s1. The molecule has 1 aliphatic heterocycles. The number of azo groups is 1. The molecule has 0 radical (unpaired) electrons. The minimum absolute atomic E-state index is 0.0194. The van der Waals surface area contributed by atoms with Crippen LogP contribution >= 0.6 is 15.9 Å². The third-order valence-corrected chi connectivity index (χ3v) is 13.2. The molecule has 5 N–H and O–H groups in total. The van der Waals surface area contributed by atoms with Gasteiger partial charge in [0.2, 0.25) is 5.91 Å². The van der Waals surface area contributed by atoms with Gasteiger partial charge in [-0.05, 0) is 67.6 Å². The van der Waals surface area contributed by atoms with Crippen LogP contribution < -0.4 is 26.2 Å². The van der Waals surface area contributed by atoms with Crippen molar-refractivity contribution in [3.8, 4) is 0 Å². The van der Waals surface area contributed by atoms with E-state index >= 15 is 0 Å². The average Bonchev–Trinajstić information content (AvgIpc) is 3.85. The van der Waals surface area contributed by atoms with Crippen LogP contribution in [0.3, 0.4) is 0 Å². The van der Waals surface area contributed by atoms with Gasteiger partial charge < -0.3 is 59.3 Å². The number of carbonyl (C=O) groups excluding carboxylic acids is 4. The maximum absolute atomic E-state index is 12.7. The van der Waals surface area contributed by atoms with Crippen LogP contribution in [-0.4, -0.2) is 153 Å². The van der Waals surface area contributed by atoms with Gasteiger partial charge in [-0.1, -0.05) is 45.4 Å². The summed E-state index contributed by atoms with van der Waals surface area (Å²) in [5.74, 6) is -2.76. The van der Waals surface area contributed by atoms with E-state index in [1.807, 2.05) is 67.5 Å². The van der Waals surface area contributed by atoms with Crippen molar-refractivity contribution in [1.29, 1.82) is 0 Å². The molecule has 1 fully saturated rings. The van der Waals surface area contributed by atoms with Gasteiger partial charge in [-0.3, -0.25) is 23.7 Å². The normalized spacial score (nSPS) is 18.7. The molecule has 1 aromatic heterocycles.